The smallest absolute Gasteiger partial charge is 0.341 e. The predicted molar refractivity (Wildman–Crippen MR) is 96.5 cm³/mol. The van der Waals surface area contributed by atoms with E-state index in [0.29, 0.717) is 39.6 Å². The number of hydrogen-bond acceptors (Lipinski definition) is 5. The molecule has 0 aliphatic carbocycles. The van der Waals surface area contributed by atoms with Gasteiger partial charge < -0.3 is 24.6 Å². The standard InChI is InChI=1S/C19H21NO6/c1-11-7-13(8-12(2)18(11)26-10-17(21)22)19(23)20-15-9-14(24-3)5-6-16(15)25-4/h5-9H,10H2,1-4H3,(H,20,23)(H,21,22). The number of nitrogens with one attached hydrogen (secondary N) is 1. The molecule has 2 rings (SSSR count). The van der Waals surface area contributed by atoms with Crippen LogP contribution in [0.4, 0.5) is 5.69 Å². The van der Waals surface area contributed by atoms with Gasteiger partial charge >= 0.3 is 5.97 Å². The fourth-order valence-corrected chi connectivity index (χ4v) is 2.55. The summed E-state index contributed by atoms with van der Waals surface area (Å²) < 4.78 is 15.7. The summed E-state index contributed by atoms with van der Waals surface area (Å²) in [5, 5.41) is 11.5. The molecule has 0 heterocycles. The van der Waals surface area contributed by atoms with Gasteiger partial charge in [-0.2, -0.15) is 0 Å². The van der Waals surface area contributed by atoms with Gasteiger partial charge in [0.15, 0.2) is 6.61 Å². The molecular formula is C19H21NO6. The summed E-state index contributed by atoms with van der Waals surface area (Å²) in [6, 6.07) is 8.39. The van der Waals surface area contributed by atoms with E-state index in [4.69, 9.17) is 19.3 Å². The van der Waals surface area contributed by atoms with Crippen molar-refractivity contribution in [2.75, 3.05) is 26.1 Å². The number of carbonyl (C=O) groups is 2. The number of methoxy groups -OCH3 is 2. The topological polar surface area (TPSA) is 94.1 Å². The molecule has 7 nitrogen and oxygen atoms in total. The van der Waals surface area contributed by atoms with E-state index in [1.807, 2.05) is 0 Å². The first-order valence-corrected chi connectivity index (χ1v) is 7.85. The van der Waals surface area contributed by atoms with Crippen molar-refractivity contribution in [3.8, 4) is 17.2 Å². The first-order chi connectivity index (χ1) is 12.3. The predicted octanol–water partition coefficient (Wildman–Crippen LogP) is 3.04. The number of amides is 1. The lowest BCUT2D eigenvalue weighted by molar-refractivity contribution is -0.139. The van der Waals surface area contributed by atoms with Crippen LogP contribution in [-0.2, 0) is 4.79 Å². The second-order valence-electron chi connectivity index (χ2n) is 5.64. The molecule has 0 bridgehead atoms. The van der Waals surface area contributed by atoms with Gasteiger partial charge in [-0.05, 0) is 49.2 Å². The van der Waals surface area contributed by atoms with E-state index in [9.17, 15) is 9.59 Å². The van der Waals surface area contributed by atoms with Crippen LogP contribution in [0.25, 0.3) is 0 Å². The number of benzene rings is 2. The fraction of sp³-hybridized carbons (Fsp3) is 0.263. The summed E-state index contributed by atoms with van der Waals surface area (Å²) in [6.07, 6.45) is 0. The third-order valence-electron chi connectivity index (χ3n) is 3.72. The van der Waals surface area contributed by atoms with Gasteiger partial charge in [0.05, 0.1) is 19.9 Å². The largest absolute Gasteiger partial charge is 0.497 e. The molecule has 26 heavy (non-hydrogen) atoms. The minimum absolute atomic E-state index is 0.326. The Hall–Kier alpha value is -3.22. The molecule has 0 fully saturated rings. The van der Waals surface area contributed by atoms with Crippen LogP contribution >= 0.6 is 0 Å². The van der Waals surface area contributed by atoms with Crippen molar-refractivity contribution >= 4 is 17.6 Å². The molecule has 0 unspecified atom stereocenters. The SMILES string of the molecule is COc1ccc(OC)c(NC(=O)c2cc(C)c(OCC(=O)O)c(C)c2)c1. The summed E-state index contributed by atoms with van der Waals surface area (Å²) in [5.74, 6) is 0.172. The highest BCUT2D eigenvalue weighted by atomic mass is 16.5. The van der Waals surface area contributed by atoms with Gasteiger partial charge in [0, 0.05) is 11.6 Å². The van der Waals surface area contributed by atoms with E-state index in [1.165, 1.54) is 14.2 Å². The lowest BCUT2D eigenvalue weighted by Crippen LogP contribution is -2.15. The van der Waals surface area contributed by atoms with Crippen LogP contribution < -0.4 is 19.5 Å². The highest BCUT2D eigenvalue weighted by Crippen LogP contribution is 2.30. The molecule has 138 valence electrons. The number of carbonyl (C=O) groups excluding carboxylic acids is 1. The maximum absolute atomic E-state index is 12.6. The lowest BCUT2D eigenvalue weighted by Gasteiger charge is -2.14. The number of anilines is 1. The molecule has 0 aliphatic rings. The van der Waals surface area contributed by atoms with Gasteiger partial charge in [-0.15, -0.1) is 0 Å². The molecule has 0 saturated heterocycles. The van der Waals surface area contributed by atoms with Crippen LogP contribution in [-0.4, -0.2) is 37.8 Å². The van der Waals surface area contributed by atoms with Crippen LogP contribution in [0, 0.1) is 13.8 Å². The Morgan fingerprint density at radius 1 is 1.04 bits per heavy atom. The van der Waals surface area contributed by atoms with Crippen LogP contribution in [0.3, 0.4) is 0 Å². The molecule has 0 atom stereocenters. The van der Waals surface area contributed by atoms with Crippen molar-refractivity contribution in [2.24, 2.45) is 0 Å². The molecule has 2 aromatic rings. The molecule has 0 aliphatic heterocycles. The number of ether oxygens (including phenoxy) is 3. The molecule has 2 aromatic carbocycles. The summed E-state index contributed by atoms with van der Waals surface area (Å²) in [4.78, 5) is 23.3. The van der Waals surface area contributed by atoms with Crippen molar-refractivity contribution in [1.29, 1.82) is 0 Å². The lowest BCUT2D eigenvalue weighted by atomic mass is 10.0. The Kier molecular flexibility index (Phi) is 6.06. The fourth-order valence-electron chi connectivity index (χ4n) is 2.55. The number of rotatable bonds is 7. The Labute approximate surface area is 151 Å². The van der Waals surface area contributed by atoms with Gasteiger partial charge in [-0.1, -0.05) is 0 Å². The van der Waals surface area contributed by atoms with E-state index in [-0.39, 0.29) is 5.91 Å². The number of aryl methyl sites for hydroxylation is 2. The number of hydrogen-bond donors (Lipinski definition) is 2. The van der Waals surface area contributed by atoms with Crippen molar-refractivity contribution in [3.63, 3.8) is 0 Å². The number of carboxylic acids is 1. The molecule has 0 aromatic heterocycles. The van der Waals surface area contributed by atoms with Gasteiger partial charge in [-0.25, -0.2) is 4.79 Å². The summed E-state index contributed by atoms with van der Waals surface area (Å²) in [6.45, 7) is 3.08. The van der Waals surface area contributed by atoms with Crippen molar-refractivity contribution < 1.29 is 28.9 Å². The average Bonchev–Trinajstić information content (AvgIpc) is 2.60. The molecular weight excluding hydrogens is 338 g/mol. The zero-order valence-corrected chi connectivity index (χ0v) is 15.1. The molecule has 1 amide bonds. The van der Waals surface area contributed by atoms with Gasteiger partial charge in [-0.3, -0.25) is 4.79 Å². The monoisotopic (exact) mass is 359 g/mol. The van der Waals surface area contributed by atoms with E-state index in [1.54, 1.807) is 44.2 Å². The highest BCUT2D eigenvalue weighted by molar-refractivity contribution is 6.05. The Morgan fingerprint density at radius 2 is 1.69 bits per heavy atom. The molecule has 0 saturated carbocycles. The zero-order valence-electron chi connectivity index (χ0n) is 15.1. The minimum Gasteiger partial charge on any atom is -0.497 e. The minimum atomic E-state index is -1.06. The van der Waals surface area contributed by atoms with Gasteiger partial charge in [0.1, 0.15) is 17.2 Å². The zero-order chi connectivity index (χ0) is 19.3. The van der Waals surface area contributed by atoms with Gasteiger partial charge in [0.2, 0.25) is 0 Å². The first kappa shape index (κ1) is 19.1. The Balaban J connectivity index is 2.26. The average molecular weight is 359 g/mol. The van der Waals surface area contributed by atoms with E-state index in [0.717, 1.165) is 0 Å². The number of carboxylic acid groups (broad SMARTS) is 1. The van der Waals surface area contributed by atoms with Crippen LogP contribution in [0.1, 0.15) is 21.5 Å². The quantitative estimate of drug-likeness (QED) is 0.789. The Morgan fingerprint density at radius 3 is 2.23 bits per heavy atom. The molecule has 0 radical (unpaired) electrons. The van der Waals surface area contributed by atoms with E-state index in [2.05, 4.69) is 5.32 Å². The molecule has 0 spiro atoms. The van der Waals surface area contributed by atoms with Crippen LogP contribution in [0.2, 0.25) is 0 Å². The van der Waals surface area contributed by atoms with Crippen LogP contribution in [0.5, 0.6) is 17.2 Å². The second kappa shape index (κ2) is 8.24. The molecule has 7 heteroatoms. The second-order valence-corrected chi connectivity index (χ2v) is 5.64. The number of aliphatic carboxylic acids is 1. The molecule has 2 N–H and O–H groups in total. The highest BCUT2D eigenvalue weighted by Gasteiger charge is 2.15. The van der Waals surface area contributed by atoms with Crippen molar-refractivity contribution in [2.45, 2.75) is 13.8 Å². The van der Waals surface area contributed by atoms with Crippen molar-refractivity contribution in [1.82, 2.24) is 0 Å². The summed E-state index contributed by atoms with van der Waals surface area (Å²) in [7, 11) is 3.05. The van der Waals surface area contributed by atoms with Gasteiger partial charge in [0.25, 0.3) is 5.91 Å². The third-order valence-corrected chi connectivity index (χ3v) is 3.72. The third kappa shape index (κ3) is 4.44. The summed E-state index contributed by atoms with van der Waals surface area (Å²) >= 11 is 0. The van der Waals surface area contributed by atoms with Crippen LogP contribution in [0.15, 0.2) is 30.3 Å². The normalized spacial score (nSPS) is 10.2. The Bertz CT molecular complexity index is 808. The summed E-state index contributed by atoms with van der Waals surface area (Å²) in [5.41, 5.74) is 2.26. The van der Waals surface area contributed by atoms with E-state index < -0.39 is 12.6 Å². The maximum atomic E-state index is 12.6. The van der Waals surface area contributed by atoms with E-state index >= 15 is 0 Å². The maximum Gasteiger partial charge on any atom is 0.341 e. The van der Waals surface area contributed by atoms with Crippen molar-refractivity contribution in [3.05, 3.63) is 47.0 Å². The first-order valence-electron chi connectivity index (χ1n) is 7.85.